The standard InChI is InChI=1S/C17H20O3S/c1-3-9-20-11-14-16(19)10-15(18)12(2)17(14)21-13-7-5-4-6-8-13/h4-8,14H,3,9-11H2,1-2H3. The van der Waals surface area contributed by atoms with Crippen LogP contribution < -0.4 is 0 Å². The quantitative estimate of drug-likeness (QED) is 0.594. The minimum Gasteiger partial charge on any atom is -0.380 e. The lowest BCUT2D eigenvalue weighted by Gasteiger charge is -2.25. The van der Waals surface area contributed by atoms with E-state index in [1.54, 1.807) is 0 Å². The lowest BCUT2D eigenvalue weighted by atomic mass is 9.89. The largest absolute Gasteiger partial charge is 0.380 e. The fraction of sp³-hybridized carbons (Fsp3) is 0.412. The van der Waals surface area contributed by atoms with Gasteiger partial charge in [-0.15, -0.1) is 0 Å². The summed E-state index contributed by atoms with van der Waals surface area (Å²) in [5, 5.41) is 0. The summed E-state index contributed by atoms with van der Waals surface area (Å²) in [7, 11) is 0. The molecule has 0 N–H and O–H groups in total. The fourth-order valence-electron chi connectivity index (χ4n) is 2.24. The molecule has 1 atom stereocenters. The molecule has 0 heterocycles. The van der Waals surface area contributed by atoms with Gasteiger partial charge in [0, 0.05) is 22.0 Å². The molecule has 4 heteroatoms. The first-order valence-corrected chi connectivity index (χ1v) is 8.02. The molecule has 1 aliphatic rings. The molecule has 2 rings (SSSR count). The Balaban J connectivity index is 2.23. The molecule has 0 amide bonds. The van der Waals surface area contributed by atoms with E-state index in [2.05, 4.69) is 0 Å². The number of allylic oxidation sites excluding steroid dienone is 1. The van der Waals surface area contributed by atoms with Gasteiger partial charge in [0.05, 0.1) is 18.9 Å². The van der Waals surface area contributed by atoms with Gasteiger partial charge in [0.15, 0.2) is 11.6 Å². The van der Waals surface area contributed by atoms with E-state index < -0.39 is 0 Å². The van der Waals surface area contributed by atoms with Crippen molar-refractivity contribution in [1.82, 2.24) is 0 Å². The summed E-state index contributed by atoms with van der Waals surface area (Å²) >= 11 is 1.50. The molecular formula is C17H20O3S. The van der Waals surface area contributed by atoms with Crippen LogP contribution in [0.2, 0.25) is 0 Å². The monoisotopic (exact) mass is 304 g/mol. The minimum atomic E-state index is -0.306. The van der Waals surface area contributed by atoms with Crippen LogP contribution in [0.25, 0.3) is 0 Å². The third-order valence-electron chi connectivity index (χ3n) is 3.43. The first-order valence-electron chi connectivity index (χ1n) is 7.20. The molecule has 21 heavy (non-hydrogen) atoms. The van der Waals surface area contributed by atoms with Crippen LogP contribution >= 0.6 is 11.8 Å². The van der Waals surface area contributed by atoms with Crippen molar-refractivity contribution < 1.29 is 14.3 Å². The minimum absolute atomic E-state index is 0.00480. The Kier molecular flexibility index (Phi) is 5.76. The number of carbonyl (C=O) groups excluding carboxylic acids is 2. The molecule has 0 bridgehead atoms. The van der Waals surface area contributed by atoms with Crippen molar-refractivity contribution in [3.05, 3.63) is 40.8 Å². The van der Waals surface area contributed by atoms with Gasteiger partial charge in [-0.05, 0) is 25.5 Å². The van der Waals surface area contributed by atoms with Gasteiger partial charge in [-0.25, -0.2) is 0 Å². The van der Waals surface area contributed by atoms with Crippen LogP contribution in [0.5, 0.6) is 0 Å². The summed E-state index contributed by atoms with van der Waals surface area (Å²) in [6, 6.07) is 9.82. The molecule has 0 spiro atoms. The molecular weight excluding hydrogens is 284 g/mol. The number of hydrogen-bond acceptors (Lipinski definition) is 4. The van der Waals surface area contributed by atoms with Gasteiger partial charge in [0.1, 0.15) is 0 Å². The summed E-state index contributed by atoms with van der Waals surface area (Å²) in [5.74, 6) is -0.398. The molecule has 0 saturated heterocycles. The third kappa shape index (κ3) is 4.05. The van der Waals surface area contributed by atoms with Crippen LogP contribution in [0, 0.1) is 5.92 Å². The lowest BCUT2D eigenvalue weighted by Crippen LogP contribution is -2.30. The summed E-state index contributed by atoms with van der Waals surface area (Å²) < 4.78 is 5.56. The van der Waals surface area contributed by atoms with Crippen molar-refractivity contribution in [3.63, 3.8) is 0 Å². The predicted molar refractivity (Wildman–Crippen MR) is 84.2 cm³/mol. The van der Waals surface area contributed by atoms with Crippen molar-refractivity contribution in [2.45, 2.75) is 31.6 Å². The van der Waals surface area contributed by atoms with Crippen molar-refractivity contribution in [2.75, 3.05) is 13.2 Å². The topological polar surface area (TPSA) is 43.4 Å². The highest BCUT2D eigenvalue weighted by Gasteiger charge is 2.33. The molecule has 1 aromatic rings. The molecule has 3 nitrogen and oxygen atoms in total. The van der Waals surface area contributed by atoms with E-state index in [9.17, 15) is 9.59 Å². The summed E-state index contributed by atoms with van der Waals surface area (Å²) in [6.45, 7) is 4.85. The average Bonchev–Trinajstić information content (AvgIpc) is 2.49. The Morgan fingerprint density at radius 1 is 1.24 bits per heavy atom. The number of carbonyl (C=O) groups is 2. The molecule has 0 saturated carbocycles. The maximum absolute atomic E-state index is 12.2. The molecule has 1 unspecified atom stereocenters. The van der Waals surface area contributed by atoms with E-state index in [4.69, 9.17) is 4.74 Å². The van der Waals surface area contributed by atoms with E-state index in [-0.39, 0.29) is 23.9 Å². The Hall–Kier alpha value is -1.39. The van der Waals surface area contributed by atoms with Crippen molar-refractivity contribution in [1.29, 1.82) is 0 Å². The molecule has 0 fully saturated rings. The first kappa shape index (κ1) is 16.0. The number of rotatable bonds is 6. The summed E-state index contributed by atoms with van der Waals surface area (Å²) in [6.07, 6.45) is 0.925. The van der Waals surface area contributed by atoms with Crippen LogP contribution in [-0.2, 0) is 14.3 Å². The number of thioether (sulfide) groups is 1. The molecule has 0 aromatic heterocycles. The van der Waals surface area contributed by atoms with Gasteiger partial charge in [-0.2, -0.15) is 0 Å². The number of ether oxygens (including phenoxy) is 1. The van der Waals surface area contributed by atoms with E-state index in [1.807, 2.05) is 44.2 Å². The highest BCUT2D eigenvalue weighted by atomic mass is 32.2. The fourth-order valence-corrected chi connectivity index (χ4v) is 3.39. The molecule has 1 aliphatic carbocycles. The van der Waals surface area contributed by atoms with E-state index in [1.165, 1.54) is 11.8 Å². The predicted octanol–water partition coefficient (Wildman–Crippen LogP) is 3.64. The number of ketones is 2. The smallest absolute Gasteiger partial charge is 0.166 e. The maximum atomic E-state index is 12.2. The highest BCUT2D eigenvalue weighted by Crippen LogP contribution is 2.38. The Bertz CT molecular complexity index is 548. The Labute approximate surface area is 129 Å². The zero-order valence-corrected chi connectivity index (χ0v) is 13.2. The maximum Gasteiger partial charge on any atom is 0.166 e. The SMILES string of the molecule is CCCOCC1C(=O)CC(=O)C(C)=C1Sc1ccccc1. The number of benzene rings is 1. The van der Waals surface area contributed by atoms with Crippen LogP contribution in [0.3, 0.4) is 0 Å². The zero-order chi connectivity index (χ0) is 15.2. The van der Waals surface area contributed by atoms with Gasteiger partial charge in [0.2, 0.25) is 0 Å². The summed E-state index contributed by atoms with van der Waals surface area (Å²) in [5.41, 5.74) is 0.702. The zero-order valence-electron chi connectivity index (χ0n) is 12.4. The van der Waals surface area contributed by atoms with Crippen LogP contribution in [0.4, 0.5) is 0 Å². The number of Topliss-reactive ketones (excluding diaryl/α,β-unsaturated/α-hetero) is 2. The van der Waals surface area contributed by atoms with Gasteiger partial charge < -0.3 is 4.74 Å². The second kappa shape index (κ2) is 7.57. The molecule has 1 aromatic carbocycles. The molecule has 0 radical (unpaired) electrons. The lowest BCUT2D eigenvalue weighted by molar-refractivity contribution is -0.129. The van der Waals surface area contributed by atoms with Gasteiger partial charge in [-0.1, -0.05) is 36.9 Å². The van der Waals surface area contributed by atoms with Crippen LogP contribution in [0.15, 0.2) is 45.7 Å². The van der Waals surface area contributed by atoms with E-state index in [0.29, 0.717) is 18.8 Å². The first-order chi connectivity index (χ1) is 10.1. The number of hydrogen-bond donors (Lipinski definition) is 0. The van der Waals surface area contributed by atoms with Crippen molar-refractivity contribution >= 4 is 23.3 Å². The second-order valence-corrected chi connectivity index (χ2v) is 6.21. The highest BCUT2D eigenvalue weighted by molar-refractivity contribution is 8.03. The van der Waals surface area contributed by atoms with Gasteiger partial charge in [0.25, 0.3) is 0 Å². The van der Waals surface area contributed by atoms with E-state index >= 15 is 0 Å². The van der Waals surface area contributed by atoms with Crippen LogP contribution in [-0.4, -0.2) is 24.8 Å². The Morgan fingerprint density at radius 2 is 1.95 bits per heavy atom. The second-order valence-electron chi connectivity index (χ2n) is 5.10. The van der Waals surface area contributed by atoms with Crippen molar-refractivity contribution in [3.8, 4) is 0 Å². The Morgan fingerprint density at radius 3 is 2.62 bits per heavy atom. The van der Waals surface area contributed by atoms with E-state index in [0.717, 1.165) is 16.2 Å². The molecule has 112 valence electrons. The van der Waals surface area contributed by atoms with Crippen LogP contribution in [0.1, 0.15) is 26.7 Å². The van der Waals surface area contributed by atoms with Gasteiger partial charge >= 0.3 is 0 Å². The molecule has 0 aliphatic heterocycles. The summed E-state index contributed by atoms with van der Waals surface area (Å²) in [4.78, 5) is 26.0. The third-order valence-corrected chi connectivity index (χ3v) is 4.75. The normalized spacial score (nSPS) is 19.2. The van der Waals surface area contributed by atoms with Crippen molar-refractivity contribution in [2.24, 2.45) is 5.92 Å². The average molecular weight is 304 g/mol. The van der Waals surface area contributed by atoms with Gasteiger partial charge in [-0.3, -0.25) is 9.59 Å².